The number of halogens is 1. The molecule has 174 valence electrons. The molecule has 1 N–H and O–H groups in total. The zero-order valence-electron chi connectivity index (χ0n) is 19.0. The van der Waals surface area contributed by atoms with Crippen LogP contribution in [0.1, 0.15) is 51.3 Å². The number of aromatic nitrogens is 1. The Morgan fingerprint density at radius 3 is 2.52 bits per heavy atom. The van der Waals surface area contributed by atoms with E-state index in [1.54, 1.807) is 12.1 Å². The summed E-state index contributed by atoms with van der Waals surface area (Å²) in [6.45, 7) is 6.33. The Morgan fingerprint density at radius 1 is 1.15 bits per heavy atom. The smallest absolute Gasteiger partial charge is 0.263 e. The normalized spacial score (nSPS) is 15.2. The molecule has 1 saturated heterocycles. The SMILES string of the molecule is CCOc1ccc(C2(CNC(=O)c3sc(Cc4ccc(F)cc4)nc3C)CCOCC2)cc1. The highest BCUT2D eigenvalue weighted by atomic mass is 32.1. The minimum Gasteiger partial charge on any atom is -0.494 e. The summed E-state index contributed by atoms with van der Waals surface area (Å²) in [5, 5.41) is 4.01. The van der Waals surface area contributed by atoms with E-state index in [0.717, 1.165) is 34.9 Å². The number of nitrogens with zero attached hydrogens (tertiary/aromatic N) is 1. The lowest BCUT2D eigenvalue weighted by Gasteiger charge is -2.38. The van der Waals surface area contributed by atoms with Crippen molar-refractivity contribution in [1.82, 2.24) is 10.3 Å². The summed E-state index contributed by atoms with van der Waals surface area (Å²) in [7, 11) is 0. The number of benzene rings is 2. The Hall–Kier alpha value is -2.77. The Morgan fingerprint density at radius 2 is 1.85 bits per heavy atom. The third kappa shape index (κ3) is 5.60. The first-order chi connectivity index (χ1) is 16.0. The van der Waals surface area contributed by atoms with E-state index in [-0.39, 0.29) is 17.1 Å². The second kappa shape index (κ2) is 10.4. The lowest BCUT2D eigenvalue weighted by Crippen LogP contribution is -2.44. The van der Waals surface area contributed by atoms with Crippen LogP contribution in [-0.4, -0.2) is 37.3 Å². The fourth-order valence-corrected chi connectivity index (χ4v) is 5.26. The van der Waals surface area contributed by atoms with Crippen molar-refractivity contribution in [1.29, 1.82) is 0 Å². The number of carbonyl (C=O) groups is 1. The van der Waals surface area contributed by atoms with Crippen molar-refractivity contribution in [3.8, 4) is 5.75 Å². The molecule has 0 radical (unpaired) electrons. The van der Waals surface area contributed by atoms with Crippen LogP contribution in [0.15, 0.2) is 48.5 Å². The summed E-state index contributed by atoms with van der Waals surface area (Å²) in [4.78, 5) is 18.3. The van der Waals surface area contributed by atoms with Crippen molar-refractivity contribution in [2.75, 3.05) is 26.4 Å². The summed E-state index contributed by atoms with van der Waals surface area (Å²) >= 11 is 1.40. The maximum atomic E-state index is 13.2. The molecule has 0 saturated carbocycles. The van der Waals surface area contributed by atoms with Crippen molar-refractivity contribution in [3.63, 3.8) is 0 Å². The first-order valence-electron chi connectivity index (χ1n) is 11.3. The Bertz CT molecular complexity index is 1070. The van der Waals surface area contributed by atoms with Crippen molar-refractivity contribution in [3.05, 3.63) is 81.1 Å². The third-order valence-electron chi connectivity index (χ3n) is 6.13. The molecule has 1 aliphatic rings. The van der Waals surface area contributed by atoms with E-state index in [2.05, 4.69) is 22.4 Å². The molecule has 7 heteroatoms. The van der Waals surface area contributed by atoms with Gasteiger partial charge in [0.15, 0.2) is 0 Å². The molecule has 1 fully saturated rings. The highest BCUT2D eigenvalue weighted by Crippen LogP contribution is 2.35. The van der Waals surface area contributed by atoms with Crippen molar-refractivity contribution < 1.29 is 18.7 Å². The van der Waals surface area contributed by atoms with E-state index in [1.807, 2.05) is 26.0 Å². The van der Waals surface area contributed by atoms with Gasteiger partial charge in [-0.15, -0.1) is 11.3 Å². The van der Waals surface area contributed by atoms with Crippen molar-refractivity contribution >= 4 is 17.2 Å². The van der Waals surface area contributed by atoms with Crippen LogP contribution in [0.5, 0.6) is 5.75 Å². The minimum atomic E-state index is -0.260. The van der Waals surface area contributed by atoms with Gasteiger partial charge >= 0.3 is 0 Å². The van der Waals surface area contributed by atoms with Gasteiger partial charge in [0.1, 0.15) is 16.4 Å². The molecular weight excluding hydrogens is 439 g/mol. The van der Waals surface area contributed by atoms with Crippen molar-refractivity contribution in [2.24, 2.45) is 0 Å². The summed E-state index contributed by atoms with van der Waals surface area (Å²) in [6.07, 6.45) is 2.27. The summed E-state index contributed by atoms with van der Waals surface area (Å²) in [5.41, 5.74) is 2.70. The maximum absolute atomic E-state index is 13.2. The van der Waals surface area contributed by atoms with Crippen molar-refractivity contribution in [2.45, 2.75) is 38.5 Å². The third-order valence-corrected chi connectivity index (χ3v) is 7.29. The van der Waals surface area contributed by atoms with Gasteiger partial charge in [-0.25, -0.2) is 9.37 Å². The number of ether oxygens (including phenoxy) is 2. The van der Waals surface area contributed by atoms with Crippen LogP contribution in [0, 0.1) is 12.7 Å². The first-order valence-corrected chi connectivity index (χ1v) is 12.1. The molecule has 1 amide bonds. The first kappa shape index (κ1) is 23.4. The van der Waals surface area contributed by atoms with Crippen LogP contribution >= 0.6 is 11.3 Å². The predicted octanol–water partition coefficient (Wildman–Crippen LogP) is 5.06. The van der Waals surface area contributed by atoms with Gasteiger partial charge in [0, 0.05) is 31.6 Å². The van der Waals surface area contributed by atoms with Gasteiger partial charge in [0.25, 0.3) is 5.91 Å². The standard InChI is InChI=1S/C26H29FN2O3S/c1-3-32-22-10-6-20(7-11-22)26(12-14-31-15-13-26)17-28-25(30)24-18(2)29-23(33-24)16-19-4-8-21(27)9-5-19/h4-11H,3,12-17H2,1-2H3,(H,28,30). The predicted molar refractivity (Wildman–Crippen MR) is 128 cm³/mol. The molecule has 33 heavy (non-hydrogen) atoms. The van der Waals surface area contributed by atoms with E-state index in [4.69, 9.17) is 9.47 Å². The van der Waals surface area contributed by atoms with E-state index in [0.29, 0.717) is 37.7 Å². The molecule has 0 atom stereocenters. The second-order valence-electron chi connectivity index (χ2n) is 8.36. The number of thiazole rings is 1. The van der Waals surface area contributed by atoms with E-state index >= 15 is 0 Å². The number of carbonyl (C=O) groups excluding carboxylic acids is 1. The number of rotatable bonds is 8. The van der Waals surface area contributed by atoms with Gasteiger partial charge in [-0.05, 0) is 62.1 Å². The zero-order chi connectivity index (χ0) is 23.3. The molecular formula is C26H29FN2O3S. The van der Waals surface area contributed by atoms with Gasteiger partial charge in [0.05, 0.1) is 17.3 Å². The maximum Gasteiger partial charge on any atom is 0.263 e. The number of hydrogen-bond acceptors (Lipinski definition) is 5. The summed E-state index contributed by atoms with van der Waals surface area (Å²) in [5.74, 6) is 0.484. The van der Waals surface area contributed by atoms with Crippen LogP contribution < -0.4 is 10.1 Å². The number of hydrogen-bond donors (Lipinski definition) is 1. The monoisotopic (exact) mass is 468 g/mol. The molecule has 0 unspecified atom stereocenters. The van der Waals surface area contributed by atoms with Crippen LogP contribution in [0.2, 0.25) is 0 Å². The average molecular weight is 469 g/mol. The molecule has 4 rings (SSSR count). The lowest BCUT2D eigenvalue weighted by atomic mass is 9.74. The molecule has 0 aliphatic carbocycles. The Labute approximate surface area is 198 Å². The molecule has 2 heterocycles. The van der Waals surface area contributed by atoms with Gasteiger partial charge in [-0.3, -0.25) is 4.79 Å². The molecule has 2 aromatic carbocycles. The van der Waals surface area contributed by atoms with Gasteiger partial charge in [-0.1, -0.05) is 24.3 Å². The molecule has 1 aromatic heterocycles. The minimum absolute atomic E-state index is 0.104. The molecule has 1 aliphatic heterocycles. The van der Waals surface area contributed by atoms with Gasteiger partial charge in [0.2, 0.25) is 0 Å². The highest BCUT2D eigenvalue weighted by molar-refractivity contribution is 7.13. The fraction of sp³-hybridized carbons (Fsp3) is 0.385. The summed E-state index contributed by atoms with van der Waals surface area (Å²) in [6, 6.07) is 14.6. The topological polar surface area (TPSA) is 60.5 Å². The van der Waals surface area contributed by atoms with Crippen LogP contribution in [-0.2, 0) is 16.6 Å². The zero-order valence-corrected chi connectivity index (χ0v) is 19.8. The Balaban J connectivity index is 1.46. The lowest BCUT2D eigenvalue weighted by molar-refractivity contribution is 0.0487. The summed E-state index contributed by atoms with van der Waals surface area (Å²) < 4.78 is 24.4. The van der Waals surface area contributed by atoms with Gasteiger partial charge in [-0.2, -0.15) is 0 Å². The second-order valence-corrected chi connectivity index (χ2v) is 9.44. The van der Waals surface area contributed by atoms with Crippen LogP contribution in [0.4, 0.5) is 4.39 Å². The number of nitrogens with one attached hydrogen (secondary N) is 1. The van der Waals surface area contributed by atoms with E-state index < -0.39 is 0 Å². The molecule has 5 nitrogen and oxygen atoms in total. The molecule has 0 spiro atoms. The van der Waals surface area contributed by atoms with E-state index in [1.165, 1.54) is 29.0 Å². The number of aryl methyl sites for hydroxylation is 1. The van der Waals surface area contributed by atoms with Crippen LogP contribution in [0.3, 0.4) is 0 Å². The average Bonchev–Trinajstić information content (AvgIpc) is 3.20. The quantitative estimate of drug-likeness (QED) is 0.502. The van der Waals surface area contributed by atoms with Gasteiger partial charge < -0.3 is 14.8 Å². The molecule has 3 aromatic rings. The Kier molecular flexibility index (Phi) is 7.40. The number of amides is 1. The van der Waals surface area contributed by atoms with Crippen LogP contribution in [0.25, 0.3) is 0 Å². The molecule has 0 bridgehead atoms. The fourth-order valence-electron chi connectivity index (χ4n) is 4.25. The highest BCUT2D eigenvalue weighted by Gasteiger charge is 2.35. The van der Waals surface area contributed by atoms with E-state index in [9.17, 15) is 9.18 Å². The largest absolute Gasteiger partial charge is 0.494 e.